The number of amides is 1. The fourth-order valence-corrected chi connectivity index (χ4v) is 1.09. The Kier molecular flexibility index (Phi) is 5.37. The van der Waals surface area contributed by atoms with Gasteiger partial charge in [-0.1, -0.05) is 12.2 Å². The number of hydrogen-bond donors (Lipinski definition) is 3. The summed E-state index contributed by atoms with van der Waals surface area (Å²) in [5.41, 5.74) is 7.14. The van der Waals surface area contributed by atoms with Crippen molar-refractivity contribution in [3.63, 3.8) is 0 Å². The summed E-state index contributed by atoms with van der Waals surface area (Å²) in [6.07, 6.45) is 3.19. The molecule has 6 nitrogen and oxygen atoms in total. The molecule has 0 bridgehead atoms. The molecular formula is C12H17N5O. The molecule has 0 aliphatic carbocycles. The van der Waals surface area contributed by atoms with Crippen molar-refractivity contribution in [2.45, 2.75) is 6.92 Å². The average molecular weight is 247 g/mol. The lowest BCUT2D eigenvalue weighted by Crippen LogP contribution is -2.33. The molecule has 0 atom stereocenters. The quantitative estimate of drug-likeness (QED) is 0.401. The van der Waals surface area contributed by atoms with Gasteiger partial charge >= 0.3 is 0 Å². The molecule has 1 rings (SSSR count). The molecule has 4 N–H and O–H groups in total. The zero-order chi connectivity index (χ0) is 13.4. The highest BCUT2D eigenvalue weighted by Crippen LogP contribution is 2.01. The molecule has 96 valence electrons. The highest BCUT2D eigenvalue weighted by molar-refractivity contribution is 5.93. The summed E-state index contributed by atoms with van der Waals surface area (Å²) in [5.74, 6) is -0.0255. The molecule has 0 unspecified atom stereocenters. The number of nitrogens with one attached hydrogen (secondary N) is 2. The molecule has 0 aliphatic rings. The van der Waals surface area contributed by atoms with Crippen LogP contribution in [0.4, 0.5) is 5.69 Å². The van der Waals surface area contributed by atoms with E-state index in [2.05, 4.69) is 27.2 Å². The van der Waals surface area contributed by atoms with Crippen LogP contribution in [-0.2, 0) is 4.79 Å². The van der Waals surface area contributed by atoms with Gasteiger partial charge in [0.2, 0.25) is 5.91 Å². The molecule has 0 aliphatic heterocycles. The number of pyridine rings is 1. The van der Waals surface area contributed by atoms with Gasteiger partial charge in [0, 0.05) is 12.7 Å². The average Bonchev–Trinajstić information content (AvgIpc) is 2.35. The Morgan fingerprint density at radius 1 is 1.61 bits per heavy atom. The lowest BCUT2D eigenvalue weighted by atomic mass is 10.3. The number of guanidine groups is 1. The van der Waals surface area contributed by atoms with Gasteiger partial charge in [0.1, 0.15) is 6.54 Å². The topological polar surface area (TPSA) is 92.4 Å². The summed E-state index contributed by atoms with van der Waals surface area (Å²) in [6.45, 7) is 6.09. The number of nitrogens with two attached hydrogens (primary N) is 1. The van der Waals surface area contributed by atoms with Gasteiger partial charge in [0.25, 0.3) is 0 Å². The van der Waals surface area contributed by atoms with E-state index < -0.39 is 0 Å². The number of carbonyl (C=O) groups excluding carboxylic acids is 1. The Morgan fingerprint density at radius 3 is 3.00 bits per heavy atom. The maximum absolute atomic E-state index is 11.5. The molecule has 1 amide bonds. The van der Waals surface area contributed by atoms with E-state index in [1.54, 1.807) is 24.5 Å². The first kappa shape index (κ1) is 13.7. The van der Waals surface area contributed by atoms with Crippen LogP contribution in [0.25, 0.3) is 0 Å². The lowest BCUT2D eigenvalue weighted by molar-refractivity contribution is -0.114. The SMILES string of the molecule is C=C(C)CNC(N)=NCC(=O)Nc1cccnc1. The monoisotopic (exact) mass is 247 g/mol. The predicted octanol–water partition coefficient (Wildman–Crippen LogP) is 0.500. The van der Waals surface area contributed by atoms with Crippen LogP contribution in [0.1, 0.15) is 6.92 Å². The van der Waals surface area contributed by atoms with Gasteiger partial charge < -0.3 is 16.4 Å². The van der Waals surface area contributed by atoms with Crippen LogP contribution < -0.4 is 16.4 Å². The molecule has 1 aromatic heterocycles. The van der Waals surface area contributed by atoms with Crippen LogP contribution in [0, 0.1) is 0 Å². The summed E-state index contributed by atoms with van der Waals surface area (Å²) in [5, 5.41) is 5.49. The first-order valence-electron chi connectivity index (χ1n) is 5.46. The van der Waals surface area contributed by atoms with Gasteiger partial charge in [-0.25, -0.2) is 4.99 Å². The van der Waals surface area contributed by atoms with Crippen LogP contribution in [-0.4, -0.2) is 29.9 Å². The lowest BCUT2D eigenvalue weighted by Gasteiger charge is -2.05. The maximum atomic E-state index is 11.5. The third-order valence-corrected chi connectivity index (χ3v) is 1.91. The molecule has 0 aromatic carbocycles. The molecule has 18 heavy (non-hydrogen) atoms. The van der Waals surface area contributed by atoms with Gasteiger partial charge in [-0.15, -0.1) is 0 Å². The molecule has 0 spiro atoms. The van der Waals surface area contributed by atoms with Crippen molar-refractivity contribution < 1.29 is 4.79 Å². The van der Waals surface area contributed by atoms with Crippen LogP contribution in [0.2, 0.25) is 0 Å². The second-order valence-corrected chi connectivity index (χ2v) is 3.80. The van der Waals surface area contributed by atoms with Crippen LogP contribution in [0.3, 0.4) is 0 Å². The summed E-state index contributed by atoms with van der Waals surface area (Å²) < 4.78 is 0. The second kappa shape index (κ2) is 7.05. The Balaban J connectivity index is 2.36. The van der Waals surface area contributed by atoms with Gasteiger partial charge in [0.15, 0.2) is 5.96 Å². The molecule has 1 aromatic rings. The van der Waals surface area contributed by atoms with E-state index in [4.69, 9.17) is 5.73 Å². The minimum Gasteiger partial charge on any atom is -0.370 e. The number of anilines is 1. The first-order chi connectivity index (χ1) is 8.58. The number of carbonyl (C=O) groups is 1. The van der Waals surface area contributed by atoms with E-state index >= 15 is 0 Å². The Bertz CT molecular complexity index is 441. The predicted molar refractivity (Wildman–Crippen MR) is 72.2 cm³/mol. The zero-order valence-corrected chi connectivity index (χ0v) is 10.3. The fourth-order valence-electron chi connectivity index (χ4n) is 1.09. The van der Waals surface area contributed by atoms with Crippen molar-refractivity contribution in [3.8, 4) is 0 Å². The third-order valence-electron chi connectivity index (χ3n) is 1.91. The van der Waals surface area contributed by atoms with Crippen molar-refractivity contribution in [3.05, 3.63) is 36.7 Å². The van der Waals surface area contributed by atoms with Gasteiger partial charge in [-0.3, -0.25) is 9.78 Å². The van der Waals surface area contributed by atoms with Crippen molar-refractivity contribution in [1.29, 1.82) is 0 Å². The molecule has 0 saturated carbocycles. The van der Waals surface area contributed by atoms with Crippen molar-refractivity contribution >= 4 is 17.6 Å². The first-order valence-corrected chi connectivity index (χ1v) is 5.46. The summed E-state index contributed by atoms with van der Waals surface area (Å²) >= 11 is 0. The summed E-state index contributed by atoms with van der Waals surface area (Å²) in [7, 11) is 0. The maximum Gasteiger partial charge on any atom is 0.246 e. The number of aromatic nitrogens is 1. The largest absolute Gasteiger partial charge is 0.370 e. The van der Waals surface area contributed by atoms with Crippen LogP contribution in [0.5, 0.6) is 0 Å². The molecule has 0 saturated heterocycles. The number of nitrogens with zero attached hydrogens (tertiary/aromatic N) is 2. The summed E-state index contributed by atoms with van der Waals surface area (Å²) in [6, 6.07) is 3.49. The highest BCUT2D eigenvalue weighted by Gasteiger charge is 2.01. The number of aliphatic imine (C=N–C) groups is 1. The minimum atomic E-state index is -0.247. The Labute approximate surface area is 106 Å². The van der Waals surface area contributed by atoms with Gasteiger partial charge in [-0.2, -0.15) is 0 Å². The van der Waals surface area contributed by atoms with E-state index in [1.165, 1.54) is 0 Å². The Hall–Kier alpha value is -2.37. The van der Waals surface area contributed by atoms with E-state index in [0.717, 1.165) is 5.57 Å². The van der Waals surface area contributed by atoms with E-state index in [0.29, 0.717) is 12.2 Å². The minimum absolute atomic E-state index is 0.0378. The Morgan fingerprint density at radius 2 is 2.39 bits per heavy atom. The molecule has 1 heterocycles. The standard InChI is InChI=1S/C12H17N5O/c1-9(2)6-15-12(13)16-8-11(18)17-10-4-3-5-14-7-10/h3-5,7H,1,6,8H2,2H3,(H,17,18)(H3,13,15,16). The summed E-state index contributed by atoms with van der Waals surface area (Å²) in [4.78, 5) is 19.3. The van der Waals surface area contributed by atoms with Gasteiger partial charge in [0.05, 0.1) is 11.9 Å². The van der Waals surface area contributed by atoms with Crippen molar-refractivity contribution in [1.82, 2.24) is 10.3 Å². The molecule has 6 heteroatoms. The van der Waals surface area contributed by atoms with Crippen molar-refractivity contribution in [2.75, 3.05) is 18.4 Å². The highest BCUT2D eigenvalue weighted by atomic mass is 16.1. The number of rotatable bonds is 5. The van der Waals surface area contributed by atoms with E-state index in [-0.39, 0.29) is 18.4 Å². The normalized spacial score (nSPS) is 10.8. The van der Waals surface area contributed by atoms with E-state index in [9.17, 15) is 4.79 Å². The smallest absolute Gasteiger partial charge is 0.246 e. The van der Waals surface area contributed by atoms with Crippen LogP contribution in [0.15, 0.2) is 41.7 Å². The number of hydrogen-bond acceptors (Lipinski definition) is 3. The molecule has 0 fully saturated rings. The van der Waals surface area contributed by atoms with E-state index in [1.807, 2.05) is 6.92 Å². The van der Waals surface area contributed by atoms with Gasteiger partial charge in [-0.05, 0) is 19.1 Å². The second-order valence-electron chi connectivity index (χ2n) is 3.80. The van der Waals surface area contributed by atoms with Crippen molar-refractivity contribution in [2.24, 2.45) is 10.7 Å². The molecular weight excluding hydrogens is 230 g/mol. The molecule has 0 radical (unpaired) electrons. The van der Waals surface area contributed by atoms with Crippen LogP contribution >= 0.6 is 0 Å². The zero-order valence-electron chi connectivity index (χ0n) is 10.3. The fraction of sp³-hybridized carbons (Fsp3) is 0.250. The third kappa shape index (κ3) is 5.64.